The van der Waals surface area contributed by atoms with E-state index >= 15 is 0 Å². The first-order valence-electron chi connectivity index (χ1n) is 11.1. The predicted octanol–water partition coefficient (Wildman–Crippen LogP) is 4.49. The monoisotopic (exact) mass is 469 g/mol. The molecule has 1 aliphatic heterocycles. The Hall–Kier alpha value is -4.59. The largest absolute Gasteiger partial charge is 0.454 e. The maximum absolute atomic E-state index is 12.5. The summed E-state index contributed by atoms with van der Waals surface area (Å²) < 4.78 is 16.4. The lowest BCUT2D eigenvalue weighted by atomic mass is 10.1. The number of rotatable bonds is 7. The van der Waals surface area contributed by atoms with E-state index in [1.807, 2.05) is 42.5 Å². The molecule has 3 aromatic carbocycles. The average Bonchev–Trinajstić information content (AvgIpc) is 3.49. The number of ether oxygens (including phenoxy) is 2. The second-order valence-corrected chi connectivity index (χ2v) is 8.06. The molecule has 0 aliphatic carbocycles. The summed E-state index contributed by atoms with van der Waals surface area (Å²) in [5, 5.41) is 5.75. The Labute approximate surface area is 201 Å². The highest BCUT2D eigenvalue weighted by Gasteiger charge is 2.17. The van der Waals surface area contributed by atoms with Crippen molar-refractivity contribution >= 4 is 17.5 Å². The Morgan fingerprint density at radius 2 is 1.71 bits per heavy atom. The summed E-state index contributed by atoms with van der Waals surface area (Å²) in [7, 11) is 0. The molecule has 2 amide bonds. The van der Waals surface area contributed by atoms with Gasteiger partial charge in [-0.15, -0.1) is 0 Å². The summed E-state index contributed by atoms with van der Waals surface area (Å²) in [6.07, 6.45) is 0.308. The lowest BCUT2D eigenvalue weighted by Crippen LogP contribution is -2.23. The average molecular weight is 469 g/mol. The molecule has 8 nitrogen and oxygen atoms in total. The van der Waals surface area contributed by atoms with Gasteiger partial charge in [-0.25, -0.2) is 4.98 Å². The number of hydrogen-bond donors (Lipinski definition) is 2. The first kappa shape index (κ1) is 22.2. The van der Waals surface area contributed by atoms with Crippen LogP contribution in [0.2, 0.25) is 0 Å². The topological polar surface area (TPSA) is 103 Å². The quantitative estimate of drug-likeness (QED) is 0.413. The van der Waals surface area contributed by atoms with E-state index in [9.17, 15) is 9.59 Å². The summed E-state index contributed by atoms with van der Waals surface area (Å²) in [4.78, 5) is 29.4. The van der Waals surface area contributed by atoms with E-state index in [1.165, 1.54) is 0 Å². The smallest absolute Gasteiger partial charge is 0.251 e. The molecular weight excluding hydrogens is 446 g/mol. The number of amides is 2. The number of hydrogen-bond acceptors (Lipinski definition) is 6. The SMILES string of the molecule is Cc1oc(-c2ccc(NC(=O)Cc3ccccc3)cc2)nc1CNC(=O)c1ccc2c(c1)OCO2. The van der Waals surface area contributed by atoms with Gasteiger partial charge in [0.25, 0.3) is 5.91 Å². The molecule has 8 heteroatoms. The second-order valence-electron chi connectivity index (χ2n) is 8.06. The fraction of sp³-hybridized carbons (Fsp3) is 0.148. The molecule has 2 heterocycles. The van der Waals surface area contributed by atoms with Crippen molar-refractivity contribution in [2.24, 2.45) is 0 Å². The van der Waals surface area contributed by atoms with E-state index < -0.39 is 0 Å². The van der Waals surface area contributed by atoms with Crippen LogP contribution < -0.4 is 20.1 Å². The predicted molar refractivity (Wildman–Crippen MR) is 129 cm³/mol. The number of aromatic nitrogens is 1. The summed E-state index contributed by atoms with van der Waals surface area (Å²) in [5.74, 6) is 1.90. The zero-order valence-corrected chi connectivity index (χ0v) is 19.0. The molecule has 0 bridgehead atoms. The van der Waals surface area contributed by atoms with Crippen LogP contribution in [0.5, 0.6) is 11.5 Å². The number of carbonyl (C=O) groups excluding carboxylic acids is 2. The zero-order chi connectivity index (χ0) is 24.2. The number of aryl methyl sites for hydroxylation is 1. The molecule has 4 aromatic rings. The molecular formula is C27H23N3O5. The highest BCUT2D eigenvalue weighted by Crippen LogP contribution is 2.32. The van der Waals surface area contributed by atoms with Gasteiger partial charge in [0, 0.05) is 16.8 Å². The fourth-order valence-electron chi connectivity index (χ4n) is 3.70. The number of carbonyl (C=O) groups is 2. The van der Waals surface area contributed by atoms with Crippen molar-refractivity contribution in [2.45, 2.75) is 19.9 Å². The van der Waals surface area contributed by atoms with Crippen molar-refractivity contribution in [3.8, 4) is 23.0 Å². The minimum atomic E-state index is -0.247. The number of nitrogens with one attached hydrogen (secondary N) is 2. The van der Waals surface area contributed by atoms with Gasteiger partial charge in [0.15, 0.2) is 11.5 Å². The Balaban J connectivity index is 1.19. The van der Waals surface area contributed by atoms with Crippen LogP contribution in [-0.4, -0.2) is 23.6 Å². The number of oxazole rings is 1. The van der Waals surface area contributed by atoms with Crippen LogP contribution in [0.25, 0.3) is 11.5 Å². The standard InChI is InChI=1S/C27H23N3O5/c1-17-22(15-28-26(32)20-9-12-23-24(14-20)34-16-33-23)30-27(35-17)19-7-10-21(11-8-19)29-25(31)13-18-5-3-2-4-6-18/h2-12,14H,13,15-16H2,1H3,(H,28,32)(H,29,31). The van der Waals surface area contributed by atoms with Crippen molar-refractivity contribution in [3.05, 3.63) is 95.4 Å². The summed E-state index contributed by atoms with van der Waals surface area (Å²) >= 11 is 0. The van der Waals surface area contributed by atoms with E-state index in [4.69, 9.17) is 13.9 Å². The van der Waals surface area contributed by atoms with Crippen molar-refractivity contribution in [1.29, 1.82) is 0 Å². The summed E-state index contributed by atoms with van der Waals surface area (Å²) in [5.41, 5.74) is 3.52. The fourth-order valence-corrected chi connectivity index (χ4v) is 3.70. The molecule has 1 aromatic heterocycles. The summed E-state index contributed by atoms with van der Waals surface area (Å²) in [6.45, 7) is 2.18. The van der Waals surface area contributed by atoms with E-state index in [0.717, 1.165) is 11.1 Å². The maximum Gasteiger partial charge on any atom is 0.251 e. The molecule has 1 aliphatic rings. The van der Waals surface area contributed by atoms with Gasteiger partial charge in [-0.05, 0) is 55.0 Å². The zero-order valence-electron chi connectivity index (χ0n) is 19.0. The molecule has 0 unspecified atom stereocenters. The van der Waals surface area contributed by atoms with Crippen LogP contribution in [0.15, 0.2) is 77.2 Å². The van der Waals surface area contributed by atoms with Crippen molar-refractivity contribution in [1.82, 2.24) is 10.3 Å². The van der Waals surface area contributed by atoms with Crippen LogP contribution >= 0.6 is 0 Å². The Morgan fingerprint density at radius 3 is 2.51 bits per heavy atom. The van der Waals surface area contributed by atoms with Gasteiger partial charge in [-0.2, -0.15) is 0 Å². The second kappa shape index (κ2) is 9.72. The van der Waals surface area contributed by atoms with Crippen molar-refractivity contribution in [3.63, 3.8) is 0 Å². The lowest BCUT2D eigenvalue weighted by Gasteiger charge is -2.06. The Bertz CT molecular complexity index is 1360. The third kappa shape index (κ3) is 5.16. The van der Waals surface area contributed by atoms with Crippen LogP contribution in [0.1, 0.15) is 27.4 Å². The first-order chi connectivity index (χ1) is 17.0. The highest BCUT2D eigenvalue weighted by atomic mass is 16.7. The number of fused-ring (bicyclic) bond motifs is 1. The van der Waals surface area contributed by atoms with Crippen molar-refractivity contribution < 1.29 is 23.5 Å². The molecule has 0 atom stereocenters. The van der Waals surface area contributed by atoms with Crippen LogP contribution in [0.4, 0.5) is 5.69 Å². The number of nitrogens with zero attached hydrogens (tertiary/aromatic N) is 1. The van der Waals surface area contributed by atoms with Gasteiger partial charge >= 0.3 is 0 Å². The molecule has 0 fully saturated rings. The summed E-state index contributed by atoms with van der Waals surface area (Å²) in [6, 6.07) is 21.9. The van der Waals surface area contributed by atoms with E-state index in [1.54, 1.807) is 37.3 Å². The molecule has 0 saturated carbocycles. The van der Waals surface area contributed by atoms with Crippen LogP contribution in [-0.2, 0) is 17.8 Å². The van der Waals surface area contributed by atoms with Crippen molar-refractivity contribution in [2.75, 3.05) is 12.1 Å². The Morgan fingerprint density at radius 1 is 0.943 bits per heavy atom. The molecule has 35 heavy (non-hydrogen) atoms. The van der Waals surface area contributed by atoms with E-state index in [0.29, 0.717) is 46.5 Å². The third-order valence-corrected chi connectivity index (χ3v) is 5.57. The molecule has 176 valence electrons. The third-order valence-electron chi connectivity index (χ3n) is 5.57. The van der Waals surface area contributed by atoms with Gasteiger partial charge < -0.3 is 24.5 Å². The number of anilines is 1. The molecule has 0 radical (unpaired) electrons. The minimum Gasteiger partial charge on any atom is -0.454 e. The van der Waals surface area contributed by atoms with Gasteiger partial charge in [0.1, 0.15) is 11.5 Å². The van der Waals surface area contributed by atoms with Crippen LogP contribution in [0.3, 0.4) is 0 Å². The lowest BCUT2D eigenvalue weighted by molar-refractivity contribution is -0.115. The Kier molecular flexibility index (Phi) is 6.17. The molecule has 0 saturated heterocycles. The van der Waals surface area contributed by atoms with E-state index in [-0.39, 0.29) is 25.2 Å². The normalized spacial score (nSPS) is 11.8. The molecule has 5 rings (SSSR count). The van der Waals surface area contributed by atoms with Gasteiger partial charge in [-0.3, -0.25) is 9.59 Å². The van der Waals surface area contributed by atoms with Gasteiger partial charge in [0.2, 0.25) is 18.6 Å². The van der Waals surface area contributed by atoms with Gasteiger partial charge in [0.05, 0.1) is 13.0 Å². The highest BCUT2D eigenvalue weighted by molar-refractivity contribution is 5.95. The maximum atomic E-state index is 12.5. The minimum absolute atomic E-state index is 0.0867. The van der Waals surface area contributed by atoms with E-state index in [2.05, 4.69) is 15.6 Å². The molecule has 0 spiro atoms. The molecule has 2 N–H and O–H groups in total. The van der Waals surface area contributed by atoms with Crippen LogP contribution in [0, 0.1) is 6.92 Å². The van der Waals surface area contributed by atoms with Gasteiger partial charge in [-0.1, -0.05) is 30.3 Å². The first-order valence-corrected chi connectivity index (χ1v) is 11.1. The number of benzene rings is 3.